The molecule has 0 unspecified atom stereocenters. The number of likely N-dealkylation sites (N-methyl/N-ethyl adjacent to an activating group) is 1. The zero-order valence-electron chi connectivity index (χ0n) is 12.5. The summed E-state index contributed by atoms with van der Waals surface area (Å²) in [5, 5.41) is 9.61. The zero-order chi connectivity index (χ0) is 13.9. The number of nitrogens with zero attached hydrogens (tertiary/aromatic N) is 3. The monoisotopic (exact) mass is 272 g/mol. The van der Waals surface area contributed by atoms with Gasteiger partial charge in [0.25, 0.3) is 0 Å². The Morgan fingerprint density at radius 1 is 1.35 bits per heavy atom. The Balaban J connectivity index is 1.66. The molecule has 0 saturated heterocycles. The molecule has 0 amide bonds. The van der Waals surface area contributed by atoms with Crippen molar-refractivity contribution in [3.63, 3.8) is 0 Å². The fourth-order valence-electron chi connectivity index (χ4n) is 2.64. The molecule has 1 fully saturated rings. The highest BCUT2D eigenvalue weighted by molar-refractivity contribution is 5.81. The van der Waals surface area contributed by atoms with Gasteiger partial charge in [0.15, 0.2) is 0 Å². The zero-order valence-corrected chi connectivity index (χ0v) is 12.5. The second-order valence-corrected chi connectivity index (χ2v) is 5.75. The van der Waals surface area contributed by atoms with Gasteiger partial charge >= 0.3 is 0 Å². The molecule has 1 aliphatic rings. The lowest BCUT2D eigenvalue weighted by molar-refractivity contribution is 0.320. The van der Waals surface area contributed by atoms with E-state index in [0.29, 0.717) is 0 Å². The normalized spacial score (nSPS) is 15.3. The van der Waals surface area contributed by atoms with Gasteiger partial charge in [-0.15, -0.1) is 0 Å². The first kappa shape index (κ1) is 13.6. The maximum absolute atomic E-state index is 4.76. The molecule has 1 saturated carbocycles. The van der Waals surface area contributed by atoms with Crippen molar-refractivity contribution < 1.29 is 0 Å². The third kappa shape index (κ3) is 3.02. The molecule has 1 heterocycles. The van der Waals surface area contributed by atoms with Gasteiger partial charge in [-0.25, -0.2) is 0 Å². The number of para-hydroxylation sites is 1. The lowest BCUT2D eigenvalue weighted by Gasteiger charge is -2.15. The van der Waals surface area contributed by atoms with E-state index in [-0.39, 0.29) is 0 Å². The van der Waals surface area contributed by atoms with Gasteiger partial charge < -0.3 is 5.32 Å². The molecule has 0 atom stereocenters. The first-order valence-electron chi connectivity index (χ1n) is 7.64. The molecule has 0 spiro atoms. The Kier molecular flexibility index (Phi) is 4.03. The molecular formula is C16H24N4. The summed E-state index contributed by atoms with van der Waals surface area (Å²) in [5.74, 6) is 0. The van der Waals surface area contributed by atoms with Gasteiger partial charge in [0.05, 0.1) is 11.2 Å². The largest absolute Gasteiger partial charge is 0.313 e. The van der Waals surface area contributed by atoms with Crippen molar-refractivity contribution in [1.82, 2.24) is 20.0 Å². The van der Waals surface area contributed by atoms with E-state index < -0.39 is 0 Å². The highest BCUT2D eigenvalue weighted by Crippen LogP contribution is 2.20. The molecule has 4 nitrogen and oxygen atoms in total. The summed E-state index contributed by atoms with van der Waals surface area (Å²) in [7, 11) is 2.17. The molecule has 20 heavy (non-hydrogen) atoms. The number of benzene rings is 1. The smallest absolute Gasteiger partial charge is 0.0843 e. The summed E-state index contributed by atoms with van der Waals surface area (Å²) in [4.78, 5) is 2.35. The Labute approximate surface area is 120 Å². The predicted molar refractivity (Wildman–Crippen MR) is 82.8 cm³/mol. The molecule has 1 aromatic carbocycles. The Morgan fingerprint density at radius 2 is 2.15 bits per heavy atom. The summed E-state index contributed by atoms with van der Waals surface area (Å²) in [6.07, 6.45) is 2.71. The summed E-state index contributed by atoms with van der Waals surface area (Å²) < 4.78 is 2.10. The second kappa shape index (κ2) is 5.94. The highest BCUT2D eigenvalue weighted by Gasteiger charge is 2.20. The van der Waals surface area contributed by atoms with E-state index in [1.807, 2.05) is 0 Å². The fourth-order valence-corrected chi connectivity index (χ4v) is 2.64. The van der Waals surface area contributed by atoms with Crippen LogP contribution < -0.4 is 5.32 Å². The predicted octanol–water partition coefficient (Wildman–Crippen LogP) is 2.24. The number of nitrogens with one attached hydrogen (secondary N) is 1. The van der Waals surface area contributed by atoms with Crippen LogP contribution >= 0.6 is 0 Å². The van der Waals surface area contributed by atoms with Gasteiger partial charge in [-0.3, -0.25) is 9.58 Å². The van der Waals surface area contributed by atoms with Crippen LogP contribution in [0.4, 0.5) is 0 Å². The molecule has 108 valence electrons. The van der Waals surface area contributed by atoms with Gasteiger partial charge in [-0.05, 0) is 32.9 Å². The average molecular weight is 272 g/mol. The van der Waals surface area contributed by atoms with Crippen molar-refractivity contribution in [3.05, 3.63) is 30.0 Å². The standard InChI is InChI=1S/C16H24N4/c1-3-20-16-7-5-4-6-14(16)15(18-20)12-19(2)11-10-17-13-8-9-13/h4-7,13,17H,3,8-12H2,1-2H3. The fraction of sp³-hybridized carbons (Fsp3) is 0.562. The summed E-state index contributed by atoms with van der Waals surface area (Å²) >= 11 is 0. The lowest BCUT2D eigenvalue weighted by Crippen LogP contribution is -2.30. The van der Waals surface area contributed by atoms with Crippen LogP contribution in [0.1, 0.15) is 25.5 Å². The van der Waals surface area contributed by atoms with Gasteiger partial charge in [0.2, 0.25) is 0 Å². The summed E-state index contributed by atoms with van der Waals surface area (Å²) in [6.45, 7) is 6.14. The molecule has 0 aliphatic heterocycles. The van der Waals surface area contributed by atoms with Crippen molar-refractivity contribution in [2.75, 3.05) is 20.1 Å². The van der Waals surface area contributed by atoms with Gasteiger partial charge in [0.1, 0.15) is 0 Å². The minimum absolute atomic E-state index is 0.795. The van der Waals surface area contributed by atoms with Crippen LogP contribution in [-0.2, 0) is 13.1 Å². The van der Waals surface area contributed by atoms with Gasteiger partial charge in [0, 0.05) is 37.6 Å². The maximum atomic E-state index is 4.76. The average Bonchev–Trinajstić information content (AvgIpc) is 3.21. The van der Waals surface area contributed by atoms with Gasteiger partial charge in [-0.2, -0.15) is 5.10 Å². The second-order valence-electron chi connectivity index (χ2n) is 5.75. The molecule has 1 aromatic heterocycles. The maximum Gasteiger partial charge on any atom is 0.0843 e. The van der Waals surface area contributed by atoms with E-state index >= 15 is 0 Å². The molecule has 4 heteroatoms. The Hall–Kier alpha value is -1.39. The van der Waals surface area contributed by atoms with Crippen molar-refractivity contribution in [1.29, 1.82) is 0 Å². The van der Waals surface area contributed by atoms with Crippen molar-refractivity contribution in [2.24, 2.45) is 0 Å². The molecule has 0 radical (unpaired) electrons. The molecule has 0 bridgehead atoms. The summed E-state index contributed by atoms with van der Waals surface area (Å²) in [6, 6.07) is 9.32. The number of aromatic nitrogens is 2. The van der Waals surface area contributed by atoms with Crippen molar-refractivity contribution in [3.8, 4) is 0 Å². The third-order valence-corrected chi connectivity index (χ3v) is 3.96. The van der Waals surface area contributed by atoms with Gasteiger partial charge in [-0.1, -0.05) is 18.2 Å². The molecule has 1 N–H and O–H groups in total. The number of rotatable bonds is 7. The number of aryl methyl sites for hydroxylation is 1. The number of hydrogen-bond acceptors (Lipinski definition) is 3. The van der Waals surface area contributed by atoms with Crippen LogP contribution in [0.25, 0.3) is 10.9 Å². The van der Waals surface area contributed by atoms with E-state index in [1.54, 1.807) is 0 Å². The Morgan fingerprint density at radius 3 is 2.90 bits per heavy atom. The third-order valence-electron chi connectivity index (χ3n) is 3.96. The minimum Gasteiger partial charge on any atom is -0.313 e. The van der Waals surface area contributed by atoms with Crippen LogP contribution in [0, 0.1) is 0 Å². The van der Waals surface area contributed by atoms with E-state index in [0.717, 1.165) is 32.2 Å². The van der Waals surface area contributed by atoms with Crippen LogP contribution in [0.5, 0.6) is 0 Å². The first-order valence-corrected chi connectivity index (χ1v) is 7.64. The van der Waals surface area contributed by atoms with Crippen LogP contribution in [0.2, 0.25) is 0 Å². The minimum atomic E-state index is 0.795. The van der Waals surface area contributed by atoms with E-state index in [1.165, 1.54) is 29.4 Å². The van der Waals surface area contributed by atoms with E-state index in [4.69, 9.17) is 5.10 Å². The van der Waals surface area contributed by atoms with E-state index in [9.17, 15) is 0 Å². The molecule has 1 aliphatic carbocycles. The van der Waals surface area contributed by atoms with E-state index in [2.05, 4.69) is 53.1 Å². The van der Waals surface area contributed by atoms with Crippen molar-refractivity contribution >= 4 is 10.9 Å². The highest BCUT2D eigenvalue weighted by atomic mass is 15.3. The molecular weight excluding hydrogens is 248 g/mol. The van der Waals surface area contributed by atoms with Crippen LogP contribution in [-0.4, -0.2) is 40.9 Å². The van der Waals surface area contributed by atoms with Crippen LogP contribution in [0.3, 0.4) is 0 Å². The molecule has 3 rings (SSSR count). The van der Waals surface area contributed by atoms with Crippen LogP contribution in [0.15, 0.2) is 24.3 Å². The number of fused-ring (bicyclic) bond motifs is 1. The SMILES string of the molecule is CCn1nc(CN(C)CCNC2CC2)c2ccccc21. The Bertz CT molecular complexity index is 571. The topological polar surface area (TPSA) is 33.1 Å². The lowest BCUT2D eigenvalue weighted by atomic mass is 10.2. The number of hydrogen-bond donors (Lipinski definition) is 1. The first-order chi connectivity index (χ1) is 9.78. The van der Waals surface area contributed by atoms with Crippen molar-refractivity contribution in [2.45, 2.75) is 38.9 Å². The molecule has 2 aromatic rings. The quantitative estimate of drug-likeness (QED) is 0.839. The summed E-state index contributed by atoms with van der Waals surface area (Å²) in [5.41, 5.74) is 2.44.